The molecule has 2 aromatic rings. The smallest absolute Gasteiger partial charge is 0.410 e. The molecule has 174 valence electrons. The minimum Gasteiger partial charge on any atom is -0.444 e. The van der Waals surface area contributed by atoms with Crippen LogP contribution in [0.25, 0.3) is 0 Å². The van der Waals surface area contributed by atoms with Gasteiger partial charge in [0, 0.05) is 0 Å². The van der Waals surface area contributed by atoms with E-state index in [-0.39, 0.29) is 17.6 Å². The van der Waals surface area contributed by atoms with Crippen molar-refractivity contribution in [1.29, 1.82) is 0 Å². The Balaban J connectivity index is 1.68. The molecule has 0 saturated carbocycles. The number of likely N-dealkylation sites (tertiary alicyclic amines) is 1. The minimum atomic E-state index is -3.94. The number of hydrogen-bond acceptors (Lipinski definition) is 6. The number of hydrogen-bond donors (Lipinski definition) is 0. The van der Waals surface area contributed by atoms with E-state index in [9.17, 15) is 13.2 Å². The Morgan fingerprint density at radius 3 is 2.34 bits per heavy atom. The Labute approximate surface area is 190 Å². The van der Waals surface area contributed by atoms with Crippen molar-refractivity contribution in [3.63, 3.8) is 0 Å². The Kier molecular flexibility index (Phi) is 7.59. The van der Waals surface area contributed by atoms with E-state index in [0.717, 1.165) is 11.1 Å². The van der Waals surface area contributed by atoms with Gasteiger partial charge in [-0.15, -0.1) is 0 Å². The van der Waals surface area contributed by atoms with Gasteiger partial charge in [0.15, 0.2) is 0 Å². The number of carbonyl (C=O) groups excluding carboxylic acids is 1. The van der Waals surface area contributed by atoms with E-state index in [1.165, 1.54) is 17.0 Å². The zero-order valence-corrected chi connectivity index (χ0v) is 19.8. The lowest BCUT2D eigenvalue weighted by Crippen LogP contribution is -2.42. The second-order valence-corrected chi connectivity index (χ2v) is 10.6. The van der Waals surface area contributed by atoms with Crippen LogP contribution in [-0.4, -0.2) is 50.3 Å². The van der Waals surface area contributed by atoms with Crippen molar-refractivity contribution in [2.75, 3.05) is 13.2 Å². The molecule has 0 aromatic heterocycles. The summed E-state index contributed by atoms with van der Waals surface area (Å²) in [4.78, 5) is 14.4. The number of benzene rings is 2. The molecule has 3 rings (SSSR count). The maximum absolute atomic E-state index is 12.8. The molecule has 8 heteroatoms. The summed E-state index contributed by atoms with van der Waals surface area (Å²) in [7, 11) is -3.94. The monoisotopic (exact) mass is 461 g/mol. The summed E-state index contributed by atoms with van der Waals surface area (Å²) in [6.45, 7) is 7.79. The molecule has 1 amide bonds. The van der Waals surface area contributed by atoms with Gasteiger partial charge >= 0.3 is 6.09 Å². The van der Waals surface area contributed by atoms with Gasteiger partial charge in [0.2, 0.25) is 0 Å². The standard InChI is InChI=1S/C24H31NO6S/c1-18-10-12-22(13-11-18)32(27,28)30-17-20-14-21(29-16-19-8-6-5-7-9-19)15-25(20)23(26)31-24(2,3)4/h5-13,20-21H,14-17H2,1-4H3. The SMILES string of the molecule is Cc1ccc(S(=O)(=O)OCC2CC(OCc3ccccc3)CN2C(=O)OC(C)(C)C)cc1. The highest BCUT2D eigenvalue weighted by Crippen LogP contribution is 2.26. The molecule has 0 N–H and O–H groups in total. The lowest BCUT2D eigenvalue weighted by molar-refractivity contribution is 0.0128. The van der Waals surface area contributed by atoms with Crippen molar-refractivity contribution in [2.24, 2.45) is 0 Å². The third-order valence-corrected chi connectivity index (χ3v) is 6.35. The number of amides is 1. The molecule has 0 radical (unpaired) electrons. The zero-order valence-electron chi connectivity index (χ0n) is 19.0. The maximum Gasteiger partial charge on any atom is 0.410 e. The highest BCUT2D eigenvalue weighted by molar-refractivity contribution is 7.86. The molecule has 1 aliphatic rings. The van der Waals surface area contributed by atoms with Crippen LogP contribution < -0.4 is 0 Å². The van der Waals surface area contributed by atoms with Gasteiger partial charge in [-0.3, -0.25) is 4.18 Å². The van der Waals surface area contributed by atoms with Crippen LogP contribution in [0.15, 0.2) is 59.5 Å². The molecule has 0 aliphatic carbocycles. The first kappa shape index (κ1) is 24.2. The topological polar surface area (TPSA) is 82.1 Å². The lowest BCUT2D eigenvalue weighted by Gasteiger charge is -2.28. The molecular weight excluding hydrogens is 430 g/mol. The van der Waals surface area contributed by atoms with Crippen LogP contribution >= 0.6 is 0 Å². The van der Waals surface area contributed by atoms with Crippen molar-refractivity contribution in [3.05, 3.63) is 65.7 Å². The van der Waals surface area contributed by atoms with Gasteiger partial charge in [-0.25, -0.2) is 4.79 Å². The fraction of sp³-hybridized carbons (Fsp3) is 0.458. The van der Waals surface area contributed by atoms with E-state index in [1.54, 1.807) is 32.9 Å². The number of nitrogens with zero attached hydrogens (tertiary/aromatic N) is 1. The second kappa shape index (κ2) is 10.0. The van der Waals surface area contributed by atoms with Crippen LogP contribution in [0, 0.1) is 6.92 Å². The fourth-order valence-electron chi connectivity index (χ4n) is 3.43. The minimum absolute atomic E-state index is 0.0850. The lowest BCUT2D eigenvalue weighted by atomic mass is 10.2. The summed E-state index contributed by atoms with van der Waals surface area (Å²) in [6, 6.07) is 15.7. The van der Waals surface area contributed by atoms with E-state index >= 15 is 0 Å². The molecule has 0 bridgehead atoms. The van der Waals surface area contributed by atoms with E-state index < -0.39 is 27.9 Å². The first-order valence-electron chi connectivity index (χ1n) is 10.6. The van der Waals surface area contributed by atoms with Crippen LogP contribution in [0.3, 0.4) is 0 Å². The molecule has 7 nitrogen and oxygen atoms in total. The zero-order chi connectivity index (χ0) is 23.4. The molecule has 1 heterocycles. The fourth-order valence-corrected chi connectivity index (χ4v) is 4.37. The third-order valence-electron chi connectivity index (χ3n) is 5.06. The van der Waals surface area contributed by atoms with Gasteiger partial charge < -0.3 is 14.4 Å². The first-order chi connectivity index (χ1) is 15.0. The molecule has 1 fully saturated rings. The van der Waals surface area contributed by atoms with Crippen LogP contribution in [0.4, 0.5) is 4.79 Å². The molecule has 2 unspecified atom stereocenters. The predicted molar refractivity (Wildman–Crippen MR) is 121 cm³/mol. The summed E-state index contributed by atoms with van der Waals surface area (Å²) in [6.07, 6.45) is -0.307. The van der Waals surface area contributed by atoms with Crippen LogP contribution in [0.1, 0.15) is 38.3 Å². The molecule has 32 heavy (non-hydrogen) atoms. The molecule has 1 aliphatic heterocycles. The van der Waals surface area contributed by atoms with Gasteiger partial charge in [0.05, 0.1) is 36.8 Å². The van der Waals surface area contributed by atoms with Crippen molar-refractivity contribution in [3.8, 4) is 0 Å². The van der Waals surface area contributed by atoms with Crippen LogP contribution in [0.5, 0.6) is 0 Å². The van der Waals surface area contributed by atoms with Gasteiger partial charge in [-0.1, -0.05) is 48.0 Å². The van der Waals surface area contributed by atoms with Gasteiger partial charge in [-0.2, -0.15) is 8.42 Å². The molecule has 2 aromatic carbocycles. The average molecular weight is 462 g/mol. The molecule has 0 spiro atoms. The molecular formula is C24H31NO6S. The highest BCUT2D eigenvalue weighted by Gasteiger charge is 2.39. The average Bonchev–Trinajstić information content (AvgIpc) is 3.14. The quantitative estimate of drug-likeness (QED) is 0.572. The number of ether oxygens (including phenoxy) is 2. The number of aryl methyl sites for hydroxylation is 1. The third kappa shape index (κ3) is 6.79. The van der Waals surface area contributed by atoms with E-state index in [1.807, 2.05) is 37.3 Å². The van der Waals surface area contributed by atoms with Gasteiger partial charge in [0.25, 0.3) is 10.1 Å². The summed E-state index contributed by atoms with van der Waals surface area (Å²) < 4.78 is 42.1. The normalized spacial score (nSPS) is 19.2. The maximum atomic E-state index is 12.8. The van der Waals surface area contributed by atoms with E-state index in [0.29, 0.717) is 19.6 Å². The number of rotatable bonds is 7. The van der Waals surface area contributed by atoms with Crippen LogP contribution in [0.2, 0.25) is 0 Å². The van der Waals surface area contributed by atoms with Crippen molar-refractivity contribution in [1.82, 2.24) is 4.90 Å². The molecule has 2 atom stereocenters. The first-order valence-corrected chi connectivity index (χ1v) is 12.1. The largest absolute Gasteiger partial charge is 0.444 e. The van der Waals surface area contributed by atoms with Crippen LogP contribution in [-0.2, 0) is 30.4 Å². The van der Waals surface area contributed by atoms with Crippen molar-refractivity contribution in [2.45, 2.75) is 63.4 Å². The second-order valence-electron chi connectivity index (χ2n) is 8.99. The Morgan fingerprint density at radius 2 is 1.72 bits per heavy atom. The summed E-state index contributed by atoms with van der Waals surface area (Å²) in [5, 5.41) is 0. The van der Waals surface area contributed by atoms with Crippen molar-refractivity contribution < 1.29 is 26.9 Å². The summed E-state index contributed by atoms with van der Waals surface area (Å²) in [5.74, 6) is 0. The summed E-state index contributed by atoms with van der Waals surface area (Å²) in [5.41, 5.74) is 1.31. The Bertz CT molecular complexity index is 999. The van der Waals surface area contributed by atoms with Crippen molar-refractivity contribution >= 4 is 16.2 Å². The van der Waals surface area contributed by atoms with E-state index in [2.05, 4.69) is 0 Å². The Hall–Kier alpha value is -2.42. The highest BCUT2D eigenvalue weighted by atomic mass is 32.2. The predicted octanol–water partition coefficient (Wildman–Crippen LogP) is 4.30. The summed E-state index contributed by atoms with van der Waals surface area (Å²) >= 11 is 0. The van der Waals surface area contributed by atoms with Gasteiger partial charge in [0.1, 0.15) is 5.60 Å². The number of carbonyl (C=O) groups is 1. The van der Waals surface area contributed by atoms with Gasteiger partial charge in [-0.05, 0) is 51.8 Å². The Morgan fingerprint density at radius 1 is 1.06 bits per heavy atom. The molecule has 1 saturated heterocycles. The van der Waals surface area contributed by atoms with E-state index in [4.69, 9.17) is 13.7 Å².